The number of carbonyl (C=O) groups excluding carboxylic acids is 1. The zero-order valence-electron chi connectivity index (χ0n) is 17.6. The van der Waals surface area contributed by atoms with Crippen LogP contribution in [0.2, 0.25) is 0 Å². The van der Waals surface area contributed by atoms with Crippen LogP contribution >= 0.6 is 0 Å². The number of aromatic nitrogens is 4. The van der Waals surface area contributed by atoms with E-state index in [1.165, 1.54) is 12.1 Å². The van der Waals surface area contributed by atoms with Gasteiger partial charge in [0.2, 0.25) is 5.91 Å². The number of rotatable bonds is 5. The standard InChI is InChI=1S/C24H21N5O3/c1-15-3-4-16(2)19(13-15)21-10-12-24(32)29(28-21)14-23(31)25-18-7-5-17(6-8-18)20-9-11-22(30)27-26-20/h3-13H,14H2,1-2H3,(H,25,31)(H,27,30). The van der Waals surface area contributed by atoms with E-state index in [2.05, 4.69) is 20.6 Å². The number of aryl methyl sites for hydroxylation is 2. The molecule has 160 valence electrons. The molecular formula is C24H21N5O3. The number of H-pyrrole nitrogens is 1. The summed E-state index contributed by atoms with van der Waals surface area (Å²) in [6.07, 6.45) is 0. The highest BCUT2D eigenvalue weighted by atomic mass is 16.2. The normalized spacial score (nSPS) is 10.7. The van der Waals surface area contributed by atoms with Crippen LogP contribution in [0, 0.1) is 13.8 Å². The summed E-state index contributed by atoms with van der Waals surface area (Å²) in [5.74, 6) is -0.368. The van der Waals surface area contributed by atoms with E-state index in [9.17, 15) is 14.4 Å². The van der Waals surface area contributed by atoms with Gasteiger partial charge in [-0.3, -0.25) is 14.4 Å². The molecule has 4 aromatic rings. The van der Waals surface area contributed by atoms with Crippen LogP contribution in [0.25, 0.3) is 22.5 Å². The number of amides is 1. The molecule has 0 unspecified atom stereocenters. The van der Waals surface area contributed by atoms with Crippen molar-refractivity contribution in [3.05, 3.63) is 98.6 Å². The molecule has 0 fully saturated rings. The molecule has 2 N–H and O–H groups in total. The SMILES string of the molecule is Cc1ccc(C)c(-c2ccc(=O)n(CC(=O)Nc3ccc(-c4ccc(=O)[nH]n4)cc3)n2)c1. The number of nitrogens with one attached hydrogen (secondary N) is 2. The molecule has 0 spiro atoms. The van der Waals surface area contributed by atoms with E-state index in [1.807, 2.05) is 32.0 Å². The second kappa shape index (κ2) is 8.81. The van der Waals surface area contributed by atoms with Crippen LogP contribution in [-0.2, 0) is 11.3 Å². The minimum absolute atomic E-state index is 0.208. The maximum absolute atomic E-state index is 12.5. The fraction of sp³-hybridized carbons (Fsp3) is 0.125. The molecule has 0 radical (unpaired) electrons. The van der Waals surface area contributed by atoms with Gasteiger partial charge in [-0.25, -0.2) is 9.78 Å². The summed E-state index contributed by atoms with van der Waals surface area (Å²) >= 11 is 0. The Balaban J connectivity index is 1.49. The molecule has 0 saturated carbocycles. The monoisotopic (exact) mass is 427 g/mol. The summed E-state index contributed by atoms with van der Waals surface area (Å²) in [6.45, 7) is 3.76. The summed E-state index contributed by atoms with van der Waals surface area (Å²) in [5, 5.41) is 13.5. The molecule has 8 heteroatoms. The Morgan fingerprint density at radius 3 is 2.41 bits per heavy atom. The molecule has 0 aliphatic rings. The van der Waals surface area contributed by atoms with Crippen LogP contribution in [0.5, 0.6) is 0 Å². The van der Waals surface area contributed by atoms with E-state index in [0.717, 1.165) is 26.9 Å². The van der Waals surface area contributed by atoms with E-state index in [4.69, 9.17) is 0 Å². The van der Waals surface area contributed by atoms with Crippen molar-refractivity contribution in [2.45, 2.75) is 20.4 Å². The number of aromatic amines is 1. The molecule has 2 heterocycles. The lowest BCUT2D eigenvalue weighted by Gasteiger charge is -2.10. The second-order valence-corrected chi connectivity index (χ2v) is 7.46. The zero-order valence-corrected chi connectivity index (χ0v) is 17.6. The molecule has 0 saturated heterocycles. The quantitative estimate of drug-likeness (QED) is 0.509. The third-order valence-electron chi connectivity index (χ3n) is 4.97. The lowest BCUT2D eigenvalue weighted by molar-refractivity contribution is -0.117. The van der Waals surface area contributed by atoms with Gasteiger partial charge in [-0.15, -0.1) is 0 Å². The highest BCUT2D eigenvalue weighted by molar-refractivity contribution is 5.90. The average molecular weight is 427 g/mol. The van der Waals surface area contributed by atoms with Crippen molar-refractivity contribution >= 4 is 11.6 Å². The molecule has 0 bridgehead atoms. The van der Waals surface area contributed by atoms with Gasteiger partial charge in [0.15, 0.2) is 0 Å². The molecule has 2 aromatic carbocycles. The first-order valence-electron chi connectivity index (χ1n) is 10.0. The molecule has 4 rings (SSSR count). The largest absolute Gasteiger partial charge is 0.324 e. The minimum atomic E-state index is -0.368. The molecule has 0 aliphatic heterocycles. The van der Waals surface area contributed by atoms with Gasteiger partial charge in [-0.05, 0) is 49.7 Å². The third-order valence-corrected chi connectivity index (χ3v) is 4.97. The number of anilines is 1. The zero-order chi connectivity index (χ0) is 22.7. The lowest BCUT2D eigenvalue weighted by Crippen LogP contribution is -2.29. The van der Waals surface area contributed by atoms with Crippen LogP contribution in [0.1, 0.15) is 11.1 Å². The smallest absolute Gasteiger partial charge is 0.267 e. The predicted octanol–water partition coefficient (Wildman–Crippen LogP) is 2.92. The first kappa shape index (κ1) is 20.9. The van der Waals surface area contributed by atoms with E-state index < -0.39 is 0 Å². The number of nitrogens with zero attached hydrogens (tertiary/aromatic N) is 3. The molecule has 0 aliphatic carbocycles. The molecule has 2 aromatic heterocycles. The van der Waals surface area contributed by atoms with Crippen molar-refractivity contribution in [2.75, 3.05) is 5.32 Å². The third kappa shape index (κ3) is 4.70. The molecule has 0 atom stereocenters. The van der Waals surface area contributed by atoms with Gasteiger partial charge in [-0.1, -0.05) is 29.8 Å². The number of benzene rings is 2. The Morgan fingerprint density at radius 1 is 0.938 bits per heavy atom. The topological polar surface area (TPSA) is 110 Å². The summed E-state index contributed by atoms with van der Waals surface area (Å²) in [6, 6.07) is 19.1. The summed E-state index contributed by atoms with van der Waals surface area (Å²) in [4.78, 5) is 35.9. The van der Waals surface area contributed by atoms with E-state index in [0.29, 0.717) is 17.1 Å². The summed E-state index contributed by atoms with van der Waals surface area (Å²) < 4.78 is 1.16. The van der Waals surface area contributed by atoms with Crippen LogP contribution in [0.3, 0.4) is 0 Å². The van der Waals surface area contributed by atoms with Gasteiger partial charge in [0.1, 0.15) is 6.54 Å². The average Bonchev–Trinajstić information content (AvgIpc) is 2.78. The molecule has 8 nitrogen and oxygen atoms in total. The fourth-order valence-corrected chi connectivity index (χ4v) is 3.28. The van der Waals surface area contributed by atoms with E-state index >= 15 is 0 Å². The Hall–Kier alpha value is -4.33. The van der Waals surface area contributed by atoms with Crippen molar-refractivity contribution in [2.24, 2.45) is 0 Å². The first-order valence-corrected chi connectivity index (χ1v) is 10.0. The van der Waals surface area contributed by atoms with Crippen molar-refractivity contribution < 1.29 is 4.79 Å². The predicted molar refractivity (Wildman–Crippen MR) is 122 cm³/mol. The Bertz CT molecular complexity index is 1380. The maximum Gasteiger partial charge on any atom is 0.267 e. The summed E-state index contributed by atoms with van der Waals surface area (Å²) in [5.41, 5.74) is 5.03. The number of hydrogen-bond acceptors (Lipinski definition) is 5. The Kier molecular flexibility index (Phi) is 5.76. The van der Waals surface area contributed by atoms with Crippen LogP contribution < -0.4 is 16.4 Å². The first-order chi connectivity index (χ1) is 15.4. The van der Waals surface area contributed by atoms with Crippen LogP contribution in [-0.4, -0.2) is 25.9 Å². The Morgan fingerprint density at radius 2 is 1.69 bits per heavy atom. The van der Waals surface area contributed by atoms with Gasteiger partial charge in [-0.2, -0.15) is 10.2 Å². The van der Waals surface area contributed by atoms with E-state index in [-0.39, 0.29) is 23.6 Å². The maximum atomic E-state index is 12.5. The fourth-order valence-electron chi connectivity index (χ4n) is 3.28. The highest BCUT2D eigenvalue weighted by Gasteiger charge is 2.10. The second-order valence-electron chi connectivity index (χ2n) is 7.46. The summed E-state index contributed by atoms with van der Waals surface area (Å²) in [7, 11) is 0. The van der Waals surface area contributed by atoms with Crippen molar-refractivity contribution in [1.82, 2.24) is 20.0 Å². The van der Waals surface area contributed by atoms with Crippen molar-refractivity contribution in [1.29, 1.82) is 0 Å². The molecule has 1 amide bonds. The van der Waals surface area contributed by atoms with Gasteiger partial charge in [0.25, 0.3) is 11.1 Å². The van der Waals surface area contributed by atoms with Gasteiger partial charge >= 0.3 is 0 Å². The number of hydrogen-bond donors (Lipinski definition) is 2. The lowest BCUT2D eigenvalue weighted by atomic mass is 10.0. The Labute approximate surface area is 183 Å². The number of carbonyl (C=O) groups is 1. The molecular weight excluding hydrogens is 406 g/mol. The molecule has 32 heavy (non-hydrogen) atoms. The van der Waals surface area contributed by atoms with Gasteiger partial charge in [0.05, 0.1) is 11.4 Å². The van der Waals surface area contributed by atoms with Gasteiger partial charge < -0.3 is 5.32 Å². The van der Waals surface area contributed by atoms with Crippen LogP contribution in [0.4, 0.5) is 5.69 Å². The van der Waals surface area contributed by atoms with Crippen LogP contribution in [0.15, 0.2) is 76.3 Å². The highest BCUT2D eigenvalue weighted by Crippen LogP contribution is 2.22. The van der Waals surface area contributed by atoms with Crippen molar-refractivity contribution in [3.63, 3.8) is 0 Å². The van der Waals surface area contributed by atoms with Gasteiger partial charge in [0, 0.05) is 28.9 Å². The van der Waals surface area contributed by atoms with E-state index in [1.54, 1.807) is 36.4 Å². The van der Waals surface area contributed by atoms with Crippen molar-refractivity contribution in [3.8, 4) is 22.5 Å². The minimum Gasteiger partial charge on any atom is -0.324 e.